The predicted molar refractivity (Wildman–Crippen MR) is 77.7 cm³/mol. The quantitative estimate of drug-likeness (QED) is 0.781. The van der Waals surface area contributed by atoms with E-state index in [1.54, 1.807) is 11.8 Å². The Kier molecular flexibility index (Phi) is 5.99. The molecule has 1 fully saturated rings. The van der Waals surface area contributed by atoms with Gasteiger partial charge in [-0.2, -0.15) is 11.8 Å². The van der Waals surface area contributed by atoms with Gasteiger partial charge in [0.1, 0.15) is 0 Å². The smallest absolute Gasteiger partial charge is 0.226 e. The van der Waals surface area contributed by atoms with Crippen molar-refractivity contribution in [3.63, 3.8) is 0 Å². The zero-order chi connectivity index (χ0) is 13.8. The van der Waals surface area contributed by atoms with E-state index in [1.165, 1.54) is 25.7 Å². The predicted octanol–water partition coefficient (Wildman–Crippen LogP) is 2.43. The lowest BCUT2D eigenvalue weighted by molar-refractivity contribution is -0.132. The molecule has 18 heavy (non-hydrogen) atoms. The first-order chi connectivity index (χ1) is 8.43. The standard InChI is InChI=1S/C14H27NO2S/c1-10(12(9-16)18-4)15-13(17)14(2,3)11-7-5-6-8-11/h10-12,16H,5-9H2,1-4H3,(H,15,17). The molecule has 1 amide bonds. The van der Waals surface area contributed by atoms with Gasteiger partial charge in [0.15, 0.2) is 0 Å². The zero-order valence-electron chi connectivity index (χ0n) is 12.0. The molecule has 2 unspecified atom stereocenters. The Bertz CT molecular complexity index is 271. The van der Waals surface area contributed by atoms with Gasteiger partial charge >= 0.3 is 0 Å². The van der Waals surface area contributed by atoms with Crippen LogP contribution in [-0.2, 0) is 4.79 Å². The number of amides is 1. The SMILES string of the molecule is CSC(CO)C(C)NC(=O)C(C)(C)C1CCCC1. The molecule has 4 heteroatoms. The van der Waals surface area contributed by atoms with Crippen LogP contribution < -0.4 is 5.32 Å². The summed E-state index contributed by atoms with van der Waals surface area (Å²) in [6.07, 6.45) is 6.80. The van der Waals surface area contributed by atoms with E-state index in [-0.39, 0.29) is 29.2 Å². The molecule has 0 aliphatic heterocycles. The second-order valence-electron chi connectivity index (χ2n) is 5.92. The van der Waals surface area contributed by atoms with Crippen LogP contribution in [0.5, 0.6) is 0 Å². The number of thioether (sulfide) groups is 1. The maximum absolute atomic E-state index is 12.4. The van der Waals surface area contributed by atoms with E-state index in [0.717, 1.165) is 0 Å². The van der Waals surface area contributed by atoms with E-state index in [1.807, 2.05) is 13.2 Å². The fraction of sp³-hybridized carbons (Fsp3) is 0.929. The lowest BCUT2D eigenvalue weighted by atomic mass is 9.77. The molecule has 0 aromatic heterocycles. The number of aliphatic hydroxyl groups excluding tert-OH is 1. The van der Waals surface area contributed by atoms with Crippen molar-refractivity contribution in [3.8, 4) is 0 Å². The first kappa shape index (κ1) is 15.8. The molecule has 2 N–H and O–H groups in total. The first-order valence-corrected chi connectivity index (χ1v) is 8.16. The third-order valence-electron chi connectivity index (χ3n) is 4.36. The molecule has 2 atom stereocenters. The molecule has 0 spiro atoms. The van der Waals surface area contributed by atoms with E-state index in [2.05, 4.69) is 19.2 Å². The molecule has 1 aliphatic carbocycles. The summed E-state index contributed by atoms with van der Waals surface area (Å²) in [7, 11) is 0. The molecule has 0 radical (unpaired) electrons. The summed E-state index contributed by atoms with van der Waals surface area (Å²) in [5.41, 5.74) is -0.289. The minimum atomic E-state index is -0.289. The molecule has 1 rings (SSSR count). The van der Waals surface area contributed by atoms with Crippen LogP contribution in [0.4, 0.5) is 0 Å². The molecule has 0 aromatic rings. The highest BCUT2D eigenvalue weighted by Crippen LogP contribution is 2.39. The van der Waals surface area contributed by atoms with Crippen LogP contribution in [0.3, 0.4) is 0 Å². The Morgan fingerprint density at radius 3 is 2.44 bits per heavy atom. The third-order valence-corrected chi connectivity index (χ3v) is 5.52. The second kappa shape index (κ2) is 6.80. The monoisotopic (exact) mass is 273 g/mol. The average Bonchev–Trinajstić information content (AvgIpc) is 2.84. The van der Waals surface area contributed by atoms with E-state index >= 15 is 0 Å². The molecular weight excluding hydrogens is 246 g/mol. The summed E-state index contributed by atoms with van der Waals surface area (Å²) in [6, 6.07) is 0.0122. The topological polar surface area (TPSA) is 49.3 Å². The lowest BCUT2D eigenvalue weighted by Crippen LogP contribution is -2.48. The summed E-state index contributed by atoms with van der Waals surface area (Å²) in [5.74, 6) is 0.640. The summed E-state index contributed by atoms with van der Waals surface area (Å²) >= 11 is 1.60. The van der Waals surface area contributed by atoms with Crippen molar-refractivity contribution in [2.24, 2.45) is 11.3 Å². The van der Waals surface area contributed by atoms with Gasteiger partial charge in [0.2, 0.25) is 5.91 Å². The van der Waals surface area contributed by atoms with Gasteiger partial charge in [0.05, 0.1) is 6.61 Å². The van der Waals surface area contributed by atoms with Crippen molar-refractivity contribution in [1.82, 2.24) is 5.32 Å². The molecule has 3 nitrogen and oxygen atoms in total. The third kappa shape index (κ3) is 3.64. The summed E-state index contributed by atoms with van der Waals surface area (Å²) in [4.78, 5) is 12.4. The molecule has 0 aromatic carbocycles. The van der Waals surface area contributed by atoms with Crippen LogP contribution in [-0.4, -0.2) is 35.2 Å². The van der Waals surface area contributed by atoms with Crippen molar-refractivity contribution in [1.29, 1.82) is 0 Å². The Hall–Kier alpha value is -0.220. The van der Waals surface area contributed by atoms with Crippen LogP contribution >= 0.6 is 11.8 Å². The van der Waals surface area contributed by atoms with E-state index in [9.17, 15) is 9.90 Å². The molecular formula is C14H27NO2S. The van der Waals surface area contributed by atoms with Gasteiger partial charge in [-0.25, -0.2) is 0 Å². The Morgan fingerprint density at radius 1 is 1.44 bits per heavy atom. The van der Waals surface area contributed by atoms with Crippen molar-refractivity contribution in [2.75, 3.05) is 12.9 Å². The molecule has 1 saturated carbocycles. The van der Waals surface area contributed by atoms with Crippen LogP contribution in [0, 0.1) is 11.3 Å². The lowest BCUT2D eigenvalue weighted by Gasteiger charge is -2.33. The van der Waals surface area contributed by atoms with Crippen molar-refractivity contribution < 1.29 is 9.90 Å². The maximum atomic E-state index is 12.4. The average molecular weight is 273 g/mol. The minimum absolute atomic E-state index is 0.0122. The number of carbonyl (C=O) groups is 1. The largest absolute Gasteiger partial charge is 0.395 e. The molecule has 1 aliphatic rings. The fourth-order valence-corrected chi connectivity index (χ4v) is 3.38. The Balaban J connectivity index is 2.57. The van der Waals surface area contributed by atoms with E-state index in [0.29, 0.717) is 5.92 Å². The number of hydrogen-bond donors (Lipinski definition) is 2. The number of hydrogen-bond acceptors (Lipinski definition) is 3. The number of aliphatic hydroxyl groups is 1. The molecule has 106 valence electrons. The normalized spacial score (nSPS) is 20.7. The Labute approximate surface area is 115 Å². The van der Waals surface area contributed by atoms with Gasteiger partial charge < -0.3 is 10.4 Å². The van der Waals surface area contributed by atoms with E-state index < -0.39 is 0 Å². The Morgan fingerprint density at radius 2 is 2.00 bits per heavy atom. The van der Waals surface area contributed by atoms with Gasteiger partial charge in [0.25, 0.3) is 0 Å². The van der Waals surface area contributed by atoms with Crippen LogP contribution in [0.2, 0.25) is 0 Å². The van der Waals surface area contributed by atoms with Crippen LogP contribution in [0.15, 0.2) is 0 Å². The van der Waals surface area contributed by atoms with Gasteiger partial charge in [0, 0.05) is 16.7 Å². The van der Waals surface area contributed by atoms with Crippen LogP contribution in [0.1, 0.15) is 46.5 Å². The van der Waals surface area contributed by atoms with Gasteiger partial charge in [-0.3, -0.25) is 4.79 Å². The summed E-state index contributed by atoms with van der Waals surface area (Å²) in [6.45, 7) is 6.18. The molecule has 0 bridgehead atoms. The summed E-state index contributed by atoms with van der Waals surface area (Å²) in [5, 5.41) is 12.4. The van der Waals surface area contributed by atoms with Gasteiger partial charge in [-0.05, 0) is 31.9 Å². The highest BCUT2D eigenvalue weighted by Gasteiger charge is 2.38. The minimum Gasteiger partial charge on any atom is -0.395 e. The maximum Gasteiger partial charge on any atom is 0.226 e. The second-order valence-corrected chi connectivity index (χ2v) is 7.00. The number of nitrogens with one attached hydrogen (secondary N) is 1. The van der Waals surface area contributed by atoms with Crippen molar-refractivity contribution >= 4 is 17.7 Å². The molecule has 0 heterocycles. The van der Waals surface area contributed by atoms with Crippen molar-refractivity contribution in [2.45, 2.75) is 57.7 Å². The van der Waals surface area contributed by atoms with Crippen molar-refractivity contribution in [3.05, 3.63) is 0 Å². The van der Waals surface area contributed by atoms with E-state index in [4.69, 9.17) is 0 Å². The first-order valence-electron chi connectivity index (χ1n) is 6.88. The zero-order valence-corrected chi connectivity index (χ0v) is 12.8. The highest BCUT2D eigenvalue weighted by molar-refractivity contribution is 7.99. The van der Waals surface area contributed by atoms with Crippen LogP contribution in [0.25, 0.3) is 0 Å². The van der Waals surface area contributed by atoms with Gasteiger partial charge in [-0.1, -0.05) is 26.7 Å². The number of carbonyl (C=O) groups excluding carboxylic acids is 1. The molecule has 0 saturated heterocycles. The highest BCUT2D eigenvalue weighted by atomic mass is 32.2. The summed E-state index contributed by atoms with van der Waals surface area (Å²) < 4.78 is 0. The fourth-order valence-electron chi connectivity index (χ4n) is 2.76. The number of rotatable bonds is 6. The van der Waals surface area contributed by atoms with Gasteiger partial charge in [-0.15, -0.1) is 0 Å².